The van der Waals surface area contributed by atoms with Crippen LogP contribution >= 0.6 is 0 Å². The molecule has 0 aliphatic heterocycles. The first-order chi connectivity index (χ1) is 8.80. The van der Waals surface area contributed by atoms with Gasteiger partial charge in [-0.25, -0.2) is 17.5 Å². The summed E-state index contributed by atoms with van der Waals surface area (Å²) in [7, 11) is -3.40. The second-order valence-corrected chi connectivity index (χ2v) is 6.26. The van der Waals surface area contributed by atoms with Gasteiger partial charge in [-0.05, 0) is 13.0 Å². The van der Waals surface area contributed by atoms with E-state index in [4.69, 9.17) is 0 Å². The zero-order valence-electron chi connectivity index (χ0n) is 10.4. The zero-order chi connectivity index (χ0) is 14.2. The smallest absolute Gasteiger partial charge is 0.178 e. The Morgan fingerprint density at radius 3 is 2.63 bits per heavy atom. The monoisotopic (exact) mass is 284 g/mol. The molecule has 0 aliphatic rings. The molecule has 7 heteroatoms. The van der Waals surface area contributed by atoms with Crippen LogP contribution in [0.25, 0.3) is 5.69 Å². The van der Waals surface area contributed by atoms with Crippen molar-refractivity contribution >= 4 is 9.84 Å². The lowest BCUT2D eigenvalue weighted by molar-refractivity contribution is 0.198. The number of aromatic nitrogens is 2. The minimum Gasteiger partial charge on any atom is -0.389 e. The highest BCUT2D eigenvalue weighted by molar-refractivity contribution is 7.90. The summed E-state index contributed by atoms with van der Waals surface area (Å²) < 4.78 is 37.8. The predicted octanol–water partition coefficient (Wildman–Crippen LogP) is 1.47. The van der Waals surface area contributed by atoms with Crippen molar-refractivity contribution in [1.82, 2.24) is 9.78 Å². The first kappa shape index (κ1) is 13.7. The molecule has 0 saturated heterocycles. The van der Waals surface area contributed by atoms with Crippen LogP contribution in [0.1, 0.15) is 18.6 Å². The van der Waals surface area contributed by atoms with Crippen LogP contribution in [0.4, 0.5) is 4.39 Å². The number of aliphatic hydroxyl groups is 1. The molecule has 19 heavy (non-hydrogen) atoms. The molecule has 0 saturated carbocycles. The minimum atomic E-state index is -3.40. The van der Waals surface area contributed by atoms with Gasteiger partial charge in [0, 0.05) is 18.0 Å². The molecule has 0 aliphatic carbocycles. The van der Waals surface area contributed by atoms with Crippen LogP contribution in [0.15, 0.2) is 35.5 Å². The maximum atomic E-state index is 13.9. The van der Waals surface area contributed by atoms with Crippen molar-refractivity contribution in [2.24, 2.45) is 0 Å². The number of benzene rings is 1. The lowest BCUT2D eigenvalue weighted by atomic mass is 10.1. The molecule has 0 spiro atoms. The van der Waals surface area contributed by atoms with Crippen molar-refractivity contribution in [2.75, 3.05) is 6.26 Å². The van der Waals surface area contributed by atoms with Crippen LogP contribution in [-0.4, -0.2) is 29.6 Å². The second-order valence-electron chi connectivity index (χ2n) is 4.25. The molecule has 0 radical (unpaired) electrons. The molecule has 1 heterocycles. The van der Waals surface area contributed by atoms with Crippen molar-refractivity contribution in [3.63, 3.8) is 0 Å². The molecule has 1 aromatic heterocycles. The Balaban J connectivity index is 2.62. The van der Waals surface area contributed by atoms with Gasteiger partial charge in [-0.2, -0.15) is 5.10 Å². The number of halogens is 1. The highest BCUT2D eigenvalue weighted by atomic mass is 32.2. The Bertz CT molecular complexity index is 708. The largest absolute Gasteiger partial charge is 0.389 e. The maximum absolute atomic E-state index is 13.9. The molecule has 0 bridgehead atoms. The normalized spacial score (nSPS) is 13.5. The molecule has 0 fully saturated rings. The third-order valence-corrected chi connectivity index (χ3v) is 3.75. The SMILES string of the molecule is C[C@H](O)c1cccc(F)c1-n1cc(S(C)(=O)=O)cn1. The van der Waals surface area contributed by atoms with Crippen LogP contribution in [0.5, 0.6) is 0 Å². The van der Waals surface area contributed by atoms with Crippen molar-refractivity contribution in [2.45, 2.75) is 17.9 Å². The van der Waals surface area contributed by atoms with Gasteiger partial charge in [0.2, 0.25) is 0 Å². The summed E-state index contributed by atoms with van der Waals surface area (Å²) in [6.45, 7) is 1.50. The molecule has 1 aromatic carbocycles. The number of sulfone groups is 1. The number of para-hydroxylation sites is 1. The summed E-state index contributed by atoms with van der Waals surface area (Å²) in [5, 5.41) is 13.5. The van der Waals surface area contributed by atoms with Crippen molar-refractivity contribution < 1.29 is 17.9 Å². The molecule has 0 amide bonds. The number of nitrogens with zero attached hydrogens (tertiary/aromatic N) is 2. The van der Waals surface area contributed by atoms with Gasteiger partial charge in [0.05, 0.1) is 12.3 Å². The molecular weight excluding hydrogens is 271 g/mol. The summed E-state index contributed by atoms with van der Waals surface area (Å²) in [6, 6.07) is 4.26. The zero-order valence-corrected chi connectivity index (χ0v) is 11.2. The number of rotatable bonds is 3. The minimum absolute atomic E-state index is 0.00713. The predicted molar refractivity (Wildman–Crippen MR) is 67.3 cm³/mol. The first-order valence-corrected chi connectivity index (χ1v) is 7.41. The molecule has 1 N–H and O–H groups in total. The lowest BCUT2D eigenvalue weighted by Gasteiger charge is -2.12. The van der Waals surface area contributed by atoms with Gasteiger partial charge in [-0.1, -0.05) is 12.1 Å². The van der Waals surface area contributed by atoms with E-state index in [-0.39, 0.29) is 10.6 Å². The van der Waals surface area contributed by atoms with Crippen LogP contribution < -0.4 is 0 Å². The van der Waals surface area contributed by atoms with Gasteiger partial charge in [-0.15, -0.1) is 0 Å². The van der Waals surface area contributed by atoms with Crippen LogP contribution in [-0.2, 0) is 9.84 Å². The summed E-state index contributed by atoms with van der Waals surface area (Å²) in [5.41, 5.74) is 0.385. The highest BCUT2D eigenvalue weighted by Gasteiger charge is 2.17. The maximum Gasteiger partial charge on any atom is 0.178 e. The Morgan fingerprint density at radius 1 is 1.42 bits per heavy atom. The van der Waals surface area contributed by atoms with E-state index in [1.807, 2.05) is 0 Å². The van der Waals surface area contributed by atoms with Gasteiger partial charge in [0.25, 0.3) is 0 Å². The first-order valence-electron chi connectivity index (χ1n) is 5.52. The Hall–Kier alpha value is -1.73. The van der Waals surface area contributed by atoms with Crippen LogP contribution in [0.2, 0.25) is 0 Å². The van der Waals surface area contributed by atoms with Crippen molar-refractivity contribution in [1.29, 1.82) is 0 Å². The molecule has 2 rings (SSSR count). The topological polar surface area (TPSA) is 72.2 Å². The fourth-order valence-corrected chi connectivity index (χ4v) is 2.26. The van der Waals surface area contributed by atoms with E-state index in [2.05, 4.69) is 5.10 Å². The van der Waals surface area contributed by atoms with E-state index in [0.717, 1.165) is 17.1 Å². The van der Waals surface area contributed by atoms with Crippen LogP contribution in [0.3, 0.4) is 0 Å². The fourth-order valence-electron chi connectivity index (χ4n) is 1.73. The van der Waals surface area contributed by atoms with E-state index in [9.17, 15) is 17.9 Å². The highest BCUT2D eigenvalue weighted by Crippen LogP contribution is 2.24. The Morgan fingerprint density at radius 2 is 2.11 bits per heavy atom. The number of aliphatic hydroxyl groups excluding tert-OH is 1. The van der Waals surface area contributed by atoms with Gasteiger partial charge in [0.15, 0.2) is 9.84 Å². The summed E-state index contributed by atoms with van der Waals surface area (Å²) in [6.07, 6.45) is 2.52. The molecule has 5 nitrogen and oxygen atoms in total. The van der Waals surface area contributed by atoms with Gasteiger partial charge in [-0.3, -0.25) is 0 Å². The van der Waals surface area contributed by atoms with E-state index in [1.54, 1.807) is 6.07 Å². The second kappa shape index (κ2) is 4.75. The summed E-state index contributed by atoms with van der Waals surface area (Å²) >= 11 is 0. The Kier molecular flexibility index (Phi) is 3.42. The third kappa shape index (κ3) is 2.66. The van der Waals surface area contributed by atoms with E-state index < -0.39 is 21.8 Å². The van der Waals surface area contributed by atoms with E-state index in [1.165, 1.54) is 25.3 Å². The average molecular weight is 284 g/mol. The lowest BCUT2D eigenvalue weighted by Crippen LogP contribution is -2.06. The Labute approximate surface area is 110 Å². The van der Waals surface area contributed by atoms with Crippen LogP contribution in [0, 0.1) is 5.82 Å². The molecule has 102 valence electrons. The molecular formula is C12H13FN2O3S. The summed E-state index contributed by atoms with van der Waals surface area (Å²) in [5.74, 6) is -0.582. The van der Waals surface area contributed by atoms with Gasteiger partial charge in [0.1, 0.15) is 16.4 Å². The van der Waals surface area contributed by atoms with Gasteiger partial charge < -0.3 is 5.11 Å². The average Bonchev–Trinajstić information content (AvgIpc) is 2.77. The quantitative estimate of drug-likeness (QED) is 0.926. The number of hydrogen-bond donors (Lipinski definition) is 1. The third-order valence-electron chi connectivity index (χ3n) is 2.68. The fraction of sp³-hybridized carbons (Fsp3) is 0.250. The molecule has 2 aromatic rings. The molecule has 1 atom stereocenters. The van der Waals surface area contributed by atoms with Gasteiger partial charge >= 0.3 is 0 Å². The molecule has 0 unspecified atom stereocenters. The van der Waals surface area contributed by atoms with Crippen molar-refractivity contribution in [3.05, 3.63) is 42.0 Å². The summed E-state index contributed by atoms with van der Waals surface area (Å²) in [4.78, 5) is -0.00713. The van der Waals surface area contributed by atoms with Crippen molar-refractivity contribution in [3.8, 4) is 5.69 Å². The standard InChI is InChI=1S/C12H13FN2O3S/c1-8(16)10-4-3-5-11(13)12(10)15-7-9(6-14-15)19(2,17)18/h3-8,16H,1-2H3/t8-/m0/s1. The number of hydrogen-bond acceptors (Lipinski definition) is 4. The van der Waals surface area contributed by atoms with E-state index >= 15 is 0 Å². The van der Waals surface area contributed by atoms with E-state index in [0.29, 0.717) is 5.56 Å².